The van der Waals surface area contributed by atoms with Crippen LogP contribution in [-0.2, 0) is 14.9 Å². The van der Waals surface area contributed by atoms with E-state index < -0.39 is 32.0 Å². The molecule has 2 rings (SSSR count). The number of benzene rings is 1. The van der Waals surface area contributed by atoms with Crippen LogP contribution in [0.1, 0.15) is 18.4 Å². The number of carbonyl (C=O) groups excluding carboxylic acids is 1. The molecule has 118 valence electrons. The van der Waals surface area contributed by atoms with Gasteiger partial charge in [0.15, 0.2) is 11.4 Å². The summed E-state index contributed by atoms with van der Waals surface area (Å²) in [5.41, 5.74) is 14.9. The standard InChI is InChI=1S/C12H10N6O4S/c13-17-15-12(16-18-14)7-6-9(19)10(12)11(23(20,21)22)8-4-2-1-3-5-8/h1-5H,6-7H2,(H,20,21,22). The normalized spacial score (nSPS) is 22.9. The molecule has 0 bridgehead atoms. The Morgan fingerprint density at radius 1 is 1.17 bits per heavy atom. The molecule has 1 aromatic carbocycles. The zero-order valence-electron chi connectivity index (χ0n) is 11.6. The van der Waals surface area contributed by atoms with Gasteiger partial charge in [-0.15, -0.1) is 0 Å². The predicted molar refractivity (Wildman–Crippen MR) is 80.2 cm³/mol. The van der Waals surface area contributed by atoms with E-state index in [0.717, 1.165) is 0 Å². The van der Waals surface area contributed by atoms with E-state index in [2.05, 4.69) is 20.1 Å². The van der Waals surface area contributed by atoms with Crippen molar-refractivity contribution in [1.29, 1.82) is 0 Å². The molecule has 0 aliphatic heterocycles. The summed E-state index contributed by atoms with van der Waals surface area (Å²) in [6.45, 7) is 0. The number of azide groups is 1. The second-order valence-corrected chi connectivity index (χ2v) is 6.02. The second-order valence-electron chi connectivity index (χ2n) is 4.66. The fourth-order valence-electron chi connectivity index (χ4n) is 2.45. The lowest BCUT2D eigenvalue weighted by Gasteiger charge is -2.20. The van der Waals surface area contributed by atoms with E-state index in [-0.39, 0.29) is 18.4 Å². The fourth-order valence-corrected chi connectivity index (χ4v) is 3.42. The number of carbonyl (C=O) groups is 1. The summed E-state index contributed by atoms with van der Waals surface area (Å²) >= 11 is 0. The zero-order chi connectivity index (χ0) is 17.1. The Morgan fingerprint density at radius 2 is 1.74 bits per heavy atom. The Balaban J connectivity index is 2.96. The molecule has 11 heteroatoms. The Morgan fingerprint density at radius 3 is 2.22 bits per heavy atom. The third-order valence-corrected chi connectivity index (χ3v) is 4.28. The Labute approximate surface area is 130 Å². The lowest BCUT2D eigenvalue weighted by molar-refractivity contribution is -0.114. The van der Waals surface area contributed by atoms with E-state index in [1.807, 2.05) is 0 Å². The van der Waals surface area contributed by atoms with Gasteiger partial charge in [0, 0.05) is 21.8 Å². The van der Waals surface area contributed by atoms with Gasteiger partial charge in [-0.3, -0.25) is 9.35 Å². The highest BCUT2D eigenvalue weighted by Crippen LogP contribution is 2.43. The van der Waals surface area contributed by atoms with Crippen LogP contribution in [-0.4, -0.2) is 24.4 Å². The van der Waals surface area contributed by atoms with Gasteiger partial charge in [-0.25, -0.2) is 0 Å². The molecular weight excluding hydrogens is 324 g/mol. The van der Waals surface area contributed by atoms with Crippen molar-refractivity contribution < 1.29 is 17.8 Å². The maximum Gasteiger partial charge on any atom is 0.295 e. The molecule has 0 unspecified atom stereocenters. The van der Waals surface area contributed by atoms with Gasteiger partial charge >= 0.3 is 0 Å². The Kier molecular flexibility index (Phi) is 4.39. The highest BCUT2D eigenvalue weighted by Gasteiger charge is 2.47. The van der Waals surface area contributed by atoms with Crippen LogP contribution < -0.4 is 0 Å². The van der Waals surface area contributed by atoms with Gasteiger partial charge in [-0.05, 0) is 23.0 Å². The molecule has 0 aromatic heterocycles. The molecule has 23 heavy (non-hydrogen) atoms. The molecule has 0 spiro atoms. The number of hydrogen-bond acceptors (Lipinski definition) is 5. The summed E-state index contributed by atoms with van der Waals surface area (Å²) in [4.78, 5) is 16.6. The average Bonchev–Trinajstić information content (AvgIpc) is 2.78. The van der Waals surface area contributed by atoms with Crippen molar-refractivity contribution in [1.82, 2.24) is 0 Å². The predicted octanol–water partition coefficient (Wildman–Crippen LogP) is 2.97. The maximum absolute atomic E-state index is 12.2. The number of hydrogen-bond donors (Lipinski definition) is 1. The molecular formula is C12H10N6O4S. The summed E-state index contributed by atoms with van der Waals surface area (Å²) in [5.74, 6) is -0.679. The number of Topliss-reactive ketones (excluding diaryl/α,β-unsaturated/α-hetero) is 1. The smallest absolute Gasteiger partial charge is 0.294 e. The van der Waals surface area contributed by atoms with Crippen molar-refractivity contribution in [2.24, 2.45) is 10.2 Å². The molecule has 1 aliphatic carbocycles. The van der Waals surface area contributed by atoms with Crippen LogP contribution >= 0.6 is 0 Å². The molecule has 0 heterocycles. The zero-order valence-corrected chi connectivity index (χ0v) is 12.4. The molecule has 10 nitrogen and oxygen atoms in total. The van der Waals surface area contributed by atoms with Gasteiger partial charge in [0.1, 0.15) is 4.91 Å². The van der Waals surface area contributed by atoms with Gasteiger partial charge in [0.05, 0.1) is 0 Å². The van der Waals surface area contributed by atoms with Crippen molar-refractivity contribution >= 4 is 20.8 Å². The number of rotatable bonds is 4. The lowest BCUT2D eigenvalue weighted by atomic mass is 10.0. The van der Waals surface area contributed by atoms with Crippen LogP contribution in [0.4, 0.5) is 0 Å². The minimum absolute atomic E-state index is 0.0194. The van der Waals surface area contributed by atoms with Crippen LogP contribution in [0.2, 0.25) is 0 Å². The first-order chi connectivity index (χ1) is 10.9. The third kappa shape index (κ3) is 3.03. The van der Waals surface area contributed by atoms with Crippen LogP contribution in [0.5, 0.6) is 0 Å². The monoisotopic (exact) mass is 334 g/mol. The highest BCUT2D eigenvalue weighted by atomic mass is 32.2. The van der Waals surface area contributed by atoms with E-state index in [0.29, 0.717) is 0 Å². The molecule has 1 N–H and O–H groups in total. The molecule has 0 saturated heterocycles. The van der Waals surface area contributed by atoms with E-state index in [4.69, 9.17) is 11.1 Å². The minimum Gasteiger partial charge on any atom is -0.294 e. The van der Waals surface area contributed by atoms with Gasteiger partial charge in [0.25, 0.3) is 10.1 Å². The van der Waals surface area contributed by atoms with Crippen LogP contribution in [0.3, 0.4) is 0 Å². The molecule has 1 fully saturated rings. The van der Waals surface area contributed by atoms with Crippen LogP contribution in [0, 0.1) is 0 Å². The first-order valence-corrected chi connectivity index (χ1v) is 7.73. The van der Waals surface area contributed by atoms with Crippen LogP contribution in [0.15, 0.2) is 46.1 Å². The topological polar surface area (TPSA) is 169 Å². The van der Waals surface area contributed by atoms with Gasteiger partial charge in [0.2, 0.25) is 0 Å². The van der Waals surface area contributed by atoms with Gasteiger partial charge in [-0.2, -0.15) is 8.42 Å². The van der Waals surface area contributed by atoms with Crippen molar-refractivity contribution in [2.75, 3.05) is 0 Å². The Hall–Kier alpha value is -2.84. The van der Waals surface area contributed by atoms with Gasteiger partial charge in [-0.1, -0.05) is 40.6 Å². The van der Waals surface area contributed by atoms with Crippen molar-refractivity contribution in [3.05, 3.63) is 62.4 Å². The molecule has 0 amide bonds. The SMILES string of the molecule is [N-]=[N+]=NC1(N=[N+]=[N-])CCC(=O)C1=C(c1ccccc1)S(=O)(=O)O. The first kappa shape index (κ1) is 16.5. The van der Waals surface area contributed by atoms with E-state index in [9.17, 15) is 17.8 Å². The number of ketones is 1. The Bertz CT molecular complexity index is 861. The average molecular weight is 334 g/mol. The quantitative estimate of drug-likeness (QED) is 0.293. The molecule has 1 aromatic rings. The summed E-state index contributed by atoms with van der Waals surface area (Å²) in [7, 11) is -4.85. The van der Waals surface area contributed by atoms with Crippen LogP contribution in [0.25, 0.3) is 25.8 Å². The highest BCUT2D eigenvalue weighted by molar-refractivity contribution is 7.95. The molecule has 0 atom stereocenters. The minimum atomic E-state index is -4.85. The molecule has 0 radical (unpaired) electrons. The van der Waals surface area contributed by atoms with Crippen molar-refractivity contribution in [3.8, 4) is 0 Å². The summed E-state index contributed by atoms with van der Waals surface area (Å²) in [5, 5.41) is 6.69. The second kappa shape index (κ2) is 6.11. The first-order valence-electron chi connectivity index (χ1n) is 6.29. The lowest BCUT2D eigenvalue weighted by Crippen LogP contribution is -2.25. The molecule has 1 saturated carbocycles. The fraction of sp³-hybridized carbons (Fsp3) is 0.250. The summed E-state index contributed by atoms with van der Waals surface area (Å²) < 4.78 is 33.2. The van der Waals surface area contributed by atoms with Crippen molar-refractivity contribution in [2.45, 2.75) is 18.5 Å². The van der Waals surface area contributed by atoms with E-state index in [1.165, 1.54) is 24.3 Å². The van der Waals surface area contributed by atoms with Gasteiger partial charge < -0.3 is 0 Å². The summed E-state index contributed by atoms with van der Waals surface area (Å²) in [6, 6.07) is 7.34. The van der Waals surface area contributed by atoms with Crippen molar-refractivity contribution in [3.63, 3.8) is 0 Å². The maximum atomic E-state index is 12.2. The van der Waals surface area contributed by atoms with E-state index >= 15 is 0 Å². The molecule has 1 aliphatic rings. The number of nitrogens with zero attached hydrogens (tertiary/aromatic N) is 6. The largest absolute Gasteiger partial charge is 0.295 e. The third-order valence-electron chi connectivity index (χ3n) is 3.32. The summed E-state index contributed by atoms with van der Waals surface area (Å²) in [6.07, 6.45) is -0.361. The van der Waals surface area contributed by atoms with E-state index in [1.54, 1.807) is 6.07 Å².